The summed E-state index contributed by atoms with van der Waals surface area (Å²) >= 11 is 5.25. The first-order chi connectivity index (χ1) is 55.9. The van der Waals surface area contributed by atoms with Gasteiger partial charge in [-0.25, -0.2) is 33.7 Å². The van der Waals surface area contributed by atoms with E-state index in [2.05, 4.69) is 104 Å². The maximum absolute atomic E-state index is 12.8. The molecular formula is C81H90Cl2N20O13P2S. The van der Waals surface area contributed by atoms with Gasteiger partial charge in [-0.3, -0.25) is 22.6 Å². The molecule has 33 nitrogen and oxygen atoms in total. The number of halogens is 2. The highest BCUT2D eigenvalue weighted by atomic mass is 35.7. The lowest BCUT2D eigenvalue weighted by molar-refractivity contribution is 0.115. The molecule has 0 bridgehead atoms. The summed E-state index contributed by atoms with van der Waals surface area (Å²) in [6.45, 7) is 15.8. The summed E-state index contributed by atoms with van der Waals surface area (Å²) in [5.74, 6) is 2.37. The molecule has 622 valence electrons. The molecule has 0 radical (unpaired) electrons. The van der Waals surface area contributed by atoms with Crippen molar-refractivity contribution in [1.29, 1.82) is 31.6 Å². The molecule has 0 aliphatic heterocycles. The average Bonchev–Trinajstić information content (AvgIpc) is 0.826. The molecule has 1 amide bonds. The maximum atomic E-state index is 12.8. The number of phosphoric acid groups is 1. The maximum Gasteiger partial charge on any atom is 0.475 e. The Kier molecular flexibility index (Phi) is 43.0. The van der Waals surface area contributed by atoms with Gasteiger partial charge in [-0.05, 0) is 247 Å². The van der Waals surface area contributed by atoms with E-state index >= 15 is 0 Å². The molecule has 0 aliphatic rings. The van der Waals surface area contributed by atoms with Crippen molar-refractivity contribution >= 4 is 146 Å². The van der Waals surface area contributed by atoms with Crippen LogP contribution in [0, 0.1) is 110 Å². The van der Waals surface area contributed by atoms with Crippen molar-refractivity contribution in [3.05, 3.63) is 229 Å². The number of carbonyl (C=O) groups excluding carboxylic acids is 2. The Morgan fingerprint density at radius 3 is 1.03 bits per heavy atom. The number of amides is 1. The normalized spacial score (nSPS) is 10.5. The van der Waals surface area contributed by atoms with Crippen LogP contribution >= 0.6 is 36.7 Å². The lowest BCUT2D eigenvalue weighted by atomic mass is 10.0. The molecule has 3 aromatic heterocycles. The van der Waals surface area contributed by atoms with E-state index in [-0.39, 0.29) is 61.2 Å². The molecule has 0 saturated heterocycles. The molecule has 0 fully saturated rings. The number of aromatic nitrogens is 6. The van der Waals surface area contributed by atoms with Crippen LogP contribution in [0.2, 0.25) is 0 Å². The number of anilines is 12. The van der Waals surface area contributed by atoms with Crippen LogP contribution in [0.3, 0.4) is 0 Å². The van der Waals surface area contributed by atoms with Crippen molar-refractivity contribution in [1.82, 2.24) is 29.9 Å². The number of ether oxygens (including phenoxy) is 1. The van der Waals surface area contributed by atoms with E-state index in [1.807, 2.05) is 96.1 Å². The summed E-state index contributed by atoms with van der Waals surface area (Å²) < 4.78 is 74.9. The number of benzene rings is 6. The number of nitrogens with two attached hydrogens (primary N) is 1. The number of phosphoric ester groups is 1. The molecule has 3 heterocycles. The number of allylic oxidation sites excluding steroid dienone is 3. The zero-order valence-corrected chi connectivity index (χ0v) is 69.0. The van der Waals surface area contributed by atoms with Crippen molar-refractivity contribution in [2.75, 3.05) is 58.3 Å². The van der Waals surface area contributed by atoms with Crippen LogP contribution in [0.5, 0.6) is 0 Å². The van der Waals surface area contributed by atoms with Crippen molar-refractivity contribution < 1.29 is 61.0 Å². The Morgan fingerprint density at radius 1 is 0.487 bits per heavy atom. The summed E-state index contributed by atoms with van der Waals surface area (Å²) in [7, 11) is -3.37. The van der Waals surface area contributed by atoms with Crippen LogP contribution < -0.4 is 37.6 Å². The zero-order valence-electron chi connectivity index (χ0n) is 64.8. The Morgan fingerprint density at radius 2 is 0.782 bits per heavy atom. The molecule has 0 atom stereocenters. The Hall–Kier alpha value is -13.1. The number of hydrogen-bond acceptors (Lipinski definition) is 31. The number of aliphatic hydroxyl groups excluding tert-OH is 1. The number of aryl methyl sites for hydroxylation is 6. The number of primary amides is 1. The Labute approximate surface area is 702 Å². The highest BCUT2D eigenvalue weighted by Crippen LogP contribution is 2.53. The minimum atomic E-state index is -4.00. The fraction of sp³-hybridized carbons (Fsp3) is 0.235. The molecule has 0 spiro atoms. The average molecular weight is 1720 g/mol. The fourth-order valence-electron chi connectivity index (χ4n) is 10.1. The lowest BCUT2D eigenvalue weighted by Gasteiger charge is -2.18. The predicted molar refractivity (Wildman–Crippen MR) is 462 cm³/mol. The molecule has 9 rings (SSSR count). The van der Waals surface area contributed by atoms with Gasteiger partial charge in [0.25, 0.3) is 6.08 Å². The van der Waals surface area contributed by atoms with E-state index in [9.17, 15) is 27.4 Å². The third kappa shape index (κ3) is 35.9. The summed E-state index contributed by atoms with van der Waals surface area (Å²) in [4.78, 5) is 46.9. The number of rotatable bonds is 30. The van der Waals surface area contributed by atoms with Crippen molar-refractivity contribution in [3.63, 3.8) is 0 Å². The van der Waals surface area contributed by atoms with Crippen LogP contribution in [0.15, 0.2) is 150 Å². The quantitative estimate of drug-likeness (QED) is 0.00681. The van der Waals surface area contributed by atoms with Crippen LogP contribution in [0.4, 0.5) is 74.2 Å². The summed E-state index contributed by atoms with van der Waals surface area (Å²) in [6, 6.07) is 49.7. The molecule has 0 aliphatic carbocycles. The van der Waals surface area contributed by atoms with Crippen LogP contribution in [0.25, 0.3) is 18.2 Å². The molecule has 6 aromatic carbocycles. The predicted octanol–water partition coefficient (Wildman–Crippen LogP) is 19.5. The van der Waals surface area contributed by atoms with Gasteiger partial charge in [0.05, 0.1) is 103 Å². The van der Waals surface area contributed by atoms with Crippen LogP contribution in [-0.2, 0) is 70.3 Å². The summed E-state index contributed by atoms with van der Waals surface area (Å²) in [5.41, 5.74) is 21.4. The largest absolute Gasteiger partial charge is 0.475 e. The van der Waals surface area contributed by atoms with Crippen LogP contribution in [0.1, 0.15) is 128 Å². The lowest BCUT2D eigenvalue weighted by Crippen LogP contribution is -2.14. The minimum Gasteiger partial charge on any atom is -0.443 e. The number of nitrogens with one attached hydrogen (secondary N) is 6. The molecule has 119 heavy (non-hydrogen) atoms. The van der Waals surface area contributed by atoms with E-state index in [0.717, 1.165) is 78.9 Å². The molecule has 9 aromatic rings. The third-order valence-corrected chi connectivity index (χ3v) is 18.6. The SMILES string of the molecule is C.C.CCOP(=O)(Cl)OCC.CCOP(=O)(OCC)OCc1cc(Nc2c(C)cc(/C=C/C#N)cc2C)nc(Nc2ccc(C#N)cc2)n1.Cc1cc(/C=C/C#N)cc(C)c1Nc1cc(CO)nc(Nc2ccc(C#N)cc2)n1.Cc1cc(/C=C/C#N)cc(C)c1Nc1cc(COC(N)=O)nc(Nc2ccc(C#N)cc2)n1.O=C=NS(=O)(=O)Cl.[HH]. The highest BCUT2D eigenvalue weighted by Gasteiger charge is 2.26. The highest BCUT2D eigenvalue weighted by molar-refractivity contribution is 8.12. The van der Waals surface area contributed by atoms with Gasteiger partial charge in [0.1, 0.15) is 30.7 Å². The van der Waals surface area contributed by atoms with Gasteiger partial charge in [-0.15, -0.1) is 0 Å². The molecule has 9 N–H and O–H groups in total. The number of isocyanates is 1. The van der Waals surface area contributed by atoms with E-state index < -0.39 is 30.1 Å². The van der Waals surface area contributed by atoms with Crippen molar-refractivity contribution in [2.24, 2.45) is 10.1 Å². The number of nitrogens with zero attached hydrogens (tertiary/aromatic N) is 13. The second-order valence-corrected chi connectivity index (χ2v) is 30.1. The topological polar surface area (TPSA) is 509 Å². The molecule has 0 unspecified atom stereocenters. The second-order valence-electron chi connectivity index (χ2n) is 23.7. The van der Waals surface area contributed by atoms with Gasteiger partial charge < -0.3 is 47.5 Å². The summed E-state index contributed by atoms with van der Waals surface area (Å²) in [6.07, 6.45) is 9.42. The number of nitriles is 6. The Bertz CT molecular complexity index is 5510. The minimum absolute atomic E-state index is 0. The van der Waals surface area contributed by atoms with Gasteiger partial charge >= 0.3 is 30.1 Å². The van der Waals surface area contributed by atoms with E-state index in [0.29, 0.717) is 81.8 Å². The fourth-order valence-corrected chi connectivity index (χ4v) is 12.7. The first kappa shape index (κ1) is 100. The van der Waals surface area contributed by atoms with Crippen molar-refractivity contribution in [2.45, 2.75) is 104 Å². The van der Waals surface area contributed by atoms with E-state index in [1.165, 1.54) is 18.2 Å². The molecule has 0 saturated carbocycles. The summed E-state index contributed by atoms with van der Waals surface area (Å²) in [5, 5.41) is 82.1. The standard InChI is InChI=1S/C27H29N6O4P.C24H21N7O2.C23H20N6O.C4H10ClO3P.CClNO3S.2CH4.H2/c1-5-35-38(34,36-6-2)37-18-24-16-25(32-26-19(3)14-22(8-7-13-28)15-20(26)4)33-27(31-24)30-23-11-9-21(17-29)10-12-23;1-15-10-18(4-3-9-25)11-16(2)22(15)30-21-12-20(14-33-23(27)32)29-24(31-21)28-19-7-5-17(13-26)6-8-19;1-15-10-18(4-3-9-24)11-16(2)22(15)28-21-12-20(14-30)27-23(29-21)26-19-7-5-17(13-25)6-8-19;1-3-7-9(5,6)8-4-2;2-7(5,6)3-1-4;;;/h7-12,14-16H,5-6,18H2,1-4H3,(H2,30,31,32,33);3-8,10-12H,14H2,1-2H3,(H2,27,32)(H2,28,29,30,31);3-8,10-12,30H,14H2,1-2H3,(H2,26,27,28,29);3-4H2,1-2H3;;2*1H4;1H/b8-7+;2*4-3+;;;;;. The third-order valence-electron chi connectivity index (χ3n) is 14.8. The number of hydrogen-bond donors (Lipinski definition) is 8. The zero-order chi connectivity index (χ0) is 86.1. The van der Waals surface area contributed by atoms with Gasteiger partial charge in [0, 0.05) is 93.9 Å². The Balaban J connectivity index is 0.000000553. The van der Waals surface area contributed by atoms with Gasteiger partial charge in [-0.2, -0.15) is 54.9 Å². The first-order valence-electron chi connectivity index (χ1n) is 34.8. The van der Waals surface area contributed by atoms with Gasteiger partial charge in [0.2, 0.25) is 17.8 Å². The number of aliphatic hydroxyl groups is 1. The van der Waals surface area contributed by atoms with Gasteiger partial charge in [-0.1, -0.05) is 19.3 Å². The van der Waals surface area contributed by atoms with Crippen LogP contribution in [-0.4, -0.2) is 82.0 Å². The molecular weight excluding hydrogens is 1630 g/mol. The molecule has 38 heteroatoms. The second kappa shape index (κ2) is 51.1. The van der Waals surface area contributed by atoms with E-state index in [1.54, 1.807) is 137 Å². The van der Waals surface area contributed by atoms with Crippen molar-refractivity contribution in [3.8, 4) is 36.4 Å². The van der Waals surface area contributed by atoms with E-state index in [4.69, 9.17) is 71.6 Å². The van der Waals surface area contributed by atoms with Gasteiger partial charge in [0.15, 0.2) is 0 Å². The first-order valence-corrected chi connectivity index (χ1v) is 41.0. The number of carbonyl (C=O) groups is 1. The smallest absolute Gasteiger partial charge is 0.443 e. The monoisotopic (exact) mass is 1710 g/mol.